The Morgan fingerprint density at radius 3 is 2.91 bits per heavy atom. The van der Waals surface area contributed by atoms with Crippen LogP contribution in [0.2, 0.25) is 0 Å². The second-order valence-electron chi connectivity index (χ2n) is 5.02. The number of fused-ring (bicyclic) bond motifs is 2. The van der Waals surface area contributed by atoms with Gasteiger partial charge in [0.05, 0.1) is 11.2 Å². The monoisotopic (exact) mass is 291 g/mol. The number of pyridine rings is 2. The van der Waals surface area contributed by atoms with Crippen molar-refractivity contribution < 1.29 is 5.11 Å². The molecule has 0 saturated heterocycles. The summed E-state index contributed by atoms with van der Waals surface area (Å²) in [5, 5.41) is 15.5. The van der Waals surface area contributed by atoms with Crippen LogP contribution in [-0.2, 0) is 0 Å². The van der Waals surface area contributed by atoms with Crippen molar-refractivity contribution in [3.8, 4) is 5.75 Å². The predicted molar refractivity (Wildman–Crippen MR) is 87.2 cm³/mol. The molecule has 0 aliphatic heterocycles. The van der Waals surface area contributed by atoms with Crippen molar-refractivity contribution in [2.75, 3.05) is 11.1 Å². The van der Waals surface area contributed by atoms with Gasteiger partial charge in [0.1, 0.15) is 11.6 Å². The highest BCUT2D eigenvalue weighted by Crippen LogP contribution is 2.31. The van der Waals surface area contributed by atoms with Crippen LogP contribution in [-0.4, -0.2) is 20.1 Å². The zero-order valence-corrected chi connectivity index (χ0v) is 11.5. The first kappa shape index (κ1) is 12.5. The zero-order chi connectivity index (χ0) is 15.1. The molecule has 1 aromatic carbocycles. The number of aromatic nitrogens is 3. The Morgan fingerprint density at radius 1 is 1.09 bits per heavy atom. The molecule has 0 radical (unpaired) electrons. The highest BCUT2D eigenvalue weighted by atomic mass is 16.3. The van der Waals surface area contributed by atoms with E-state index < -0.39 is 0 Å². The lowest BCUT2D eigenvalue weighted by molar-refractivity contribution is 0.478. The van der Waals surface area contributed by atoms with Crippen molar-refractivity contribution >= 4 is 39.0 Å². The zero-order valence-electron chi connectivity index (χ0n) is 11.5. The van der Waals surface area contributed by atoms with Crippen LogP contribution in [0.25, 0.3) is 21.7 Å². The van der Waals surface area contributed by atoms with Crippen LogP contribution >= 0.6 is 0 Å². The van der Waals surface area contributed by atoms with E-state index in [1.54, 1.807) is 24.5 Å². The fraction of sp³-hybridized carbons (Fsp3) is 0. The number of nitrogens with two attached hydrogens (primary N) is 1. The molecule has 0 aliphatic rings. The summed E-state index contributed by atoms with van der Waals surface area (Å²) in [7, 11) is 0. The van der Waals surface area contributed by atoms with Crippen LogP contribution in [0, 0.1) is 0 Å². The number of nitrogens with zero attached hydrogens (tertiary/aromatic N) is 2. The van der Waals surface area contributed by atoms with Gasteiger partial charge in [-0.15, -0.1) is 0 Å². The van der Waals surface area contributed by atoms with Crippen LogP contribution in [0.5, 0.6) is 5.75 Å². The molecule has 0 spiro atoms. The first-order valence-corrected chi connectivity index (χ1v) is 6.79. The molecule has 0 bridgehead atoms. The Bertz CT molecular complexity index is 992. The lowest BCUT2D eigenvalue weighted by atomic mass is 10.1. The van der Waals surface area contributed by atoms with Gasteiger partial charge in [-0.25, -0.2) is 9.97 Å². The smallest absolute Gasteiger partial charge is 0.155 e. The quantitative estimate of drug-likeness (QED) is 0.336. The van der Waals surface area contributed by atoms with Gasteiger partial charge in [-0.05, 0) is 29.7 Å². The third-order valence-corrected chi connectivity index (χ3v) is 3.64. The summed E-state index contributed by atoms with van der Waals surface area (Å²) >= 11 is 0. The van der Waals surface area contributed by atoms with Gasteiger partial charge in [0.15, 0.2) is 5.82 Å². The van der Waals surface area contributed by atoms with Crippen molar-refractivity contribution in [1.82, 2.24) is 15.0 Å². The molecule has 0 aliphatic carbocycles. The van der Waals surface area contributed by atoms with Crippen LogP contribution in [0.3, 0.4) is 0 Å². The van der Waals surface area contributed by atoms with E-state index in [-0.39, 0.29) is 5.75 Å². The predicted octanol–water partition coefficient (Wildman–Crippen LogP) is 3.14. The normalized spacial score (nSPS) is 11.1. The molecule has 4 rings (SSSR count). The molecule has 3 heterocycles. The first-order chi connectivity index (χ1) is 10.7. The van der Waals surface area contributed by atoms with E-state index in [0.29, 0.717) is 17.3 Å². The minimum absolute atomic E-state index is 0.0628. The van der Waals surface area contributed by atoms with Gasteiger partial charge < -0.3 is 21.1 Å². The van der Waals surface area contributed by atoms with Gasteiger partial charge in [0.25, 0.3) is 0 Å². The van der Waals surface area contributed by atoms with Crippen molar-refractivity contribution in [3.05, 3.63) is 48.9 Å². The number of phenolic OH excluding ortho intramolecular Hbond substituents is 1. The summed E-state index contributed by atoms with van der Waals surface area (Å²) in [5.74, 6) is 1.43. The van der Waals surface area contributed by atoms with E-state index in [0.717, 1.165) is 21.7 Å². The van der Waals surface area contributed by atoms with Crippen molar-refractivity contribution in [1.29, 1.82) is 0 Å². The van der Waals surface area contributed by atoms with Gasteiger partial charge in [-0.3, -0.25) is 0 Å². The minimum atomic E-state index is 0.0628. The van der Waals surface area contributed by atoms with Crippen LogP contribution in [0.4, 0.5) is 17.3 Å². The van der Waals surface area contributed by atoms with E-state index in [2.05, 4.69) is 20.3 Å². The van der Waals surface area contributed by atoms with E-state index in [1.807, 2.05) is 24.4 Å². The Kier molecular flexibility index (Phi) is 2.62. The highest BCUT2D eigenvalue weighted by Gasteiger charge is 2.07. The van der Waals surface area contributed by atoms with Crippen LogP contribution < -0.4 is 11.1 Å². The molecule has 0 unspecified atom stereocenters. The maximum atomic E-state index is 9.63. The van der Waals surface area contributed by atoms with Gasteiger partial charge in [0.2, 0.25) is 0 Å². The SMILES string of the molecule is Nc1c(O)ccc2cc(Nc3nccc4cc[nH]c34)ncc12. The average molecular weight is 291 g/mol. The van der Waals surface area contributed by atoms with E-state index in [9.17, 15) is 5.11 Å². The Labute approximate surface area is 125 Å². The second-order valence-corrected chi connectivity index (χ2v) is 5.02. The second kappa shape index (κ2) is 4.63. The van der Waals surface area contributed by atoms with Crippen LogP contribution in [0.15, 0.2) is 48.9 Å². The maximum absolute atomic E-state index is 9.63. The Balaban J connectivity index is 1.79. The number of benzene rings is 1. The van der Waals surface area contributed by atoms with Crippen molar-refractivity contribution in [2.24, 2.45) is 0 Å². The van der Waals surface area contributed by atoms with Crippen molar-refractivity contribution in [2.45, 2.75) is 0 Å². The standard InChI is InChI=1S/C16H13N5O/c17-14-11-8-20-13(7-10(11)1-2-12(14)22)21-16-15-9(3-5-18-15)4-6-19-16/h1-8,18,22H,17H2,(H,19,20,21). The summed E-state index contributed by atoms with van der Waals surface area (Å²) in [6, 6.07) is 9.17. The lowest BCUT2D eigenvalue weighted by Crippen LogP contribution is -1.97. The lowest BCUT2D eigenvalue weighted by Gasteiger charge is -2.08. The molecule has 5 N–H and O–H groups in total. The summed E-state index contributed by atoms with van der Waals surface area (Å²) in [6.07, 6.45) is 5.26. The third-order valence-electron chi connectivity index (χ3n) is 3.64. The molecule has 0 atom stereocenters. The van der Waals surface area contributed by atoms with Crippen molar-refractivity contribution in [3.63, 3.8) is 0 Å². The average Bonchev–Trinajstić information content (AvgIpc) is 3.01. The summed E-state index contributed by atoms with van der Waals surface area (Å²) in [5.41, 5.74) is 7.11. The number of nitrogen functional groups attached to an aromatic ring is 1. The molecule has 3 aromatic heterocycles. The molecular weight excluding hydrogens is 278 g/mol. The molecule has 22 heavy (non-hydrogen) atoms. The molecule has 4 aromatic rings. The summed E-state index contributed by atoms with van der Waals surface area (Å²) in [4.78, 5) is 11.8. The topological polar surface area (TPSA) is 99.9 Å². The van der Waals surface area contributed by atoms with Gasteiger partial charge in [-0.1, -0.05) is 6.07 Å². The summed E-state index contributed by atoms with van der Waals surface area (Å²) < 4.78 is 0. The largest absolute Gasteiger partial charge is 0.506 e. The van der Waals surface area contributed by atoms with E-state index in [1.165, 1.54) is 0 Å². The fourth-order valence-electron chi connectivity index (χ4n) is 2.50. The third kappa shape index (κ3) is 1.89. The minimum Gasteiger partial charge on any atom is -0.506 e. The Hall–Kier alpha value is -3.28. The number of rotatable bonds is 2. The number of hydrogen-bond donors (Lipinski definition) is 4. The van der Waals surface area contributed by atoms with Gasteiger partial charge >= 0.3 is 0 Å². The first-order valence-electron chi connectivity index (χ1n) is 6.79. The number of phenols is 1. The van der Waals surface area contributed by atoms with Gasteiger partial charge in [-0.2, -0.15) is 0 Å². The molecule has 0 saturated carbocycles. The maximum Gasteiger partial charge on any atom is 0.155 e. The number of aromatic amines is 1. The van der Waals surface area contributed by atoms with Gasteiger partial charge in [0, 0.05) is 29.4 Å². The number of H-pyrrole nitrogens is 1. The molecule has 6 nitrogen and oxygen atoms in total. The fourth-order valence-corrected chi connectivity index (χ4v) is 2.50. The molecule has 6 heteroatoms. The van der Waals surface area contributed by atoms with Crippen LogP contribution in [0.1, 0.15) is 0 Å². The van der Waals surface area contributed by atoms with E-state index >= 15 is 0 Å². The molecule has 0 fully saturated rings. The molecule has 108 valence electrons. The molecule has 0 amide bonds. The summed E-state index contributed by atoms with van der Waals surface area (Å²) in [6.45, 7) is 0. The highest BCUT2D eigenvalue weighted by molar-refractivity contribution is 5.97. The number of hydrogen-bond acceptors (Lipinski definition) is 5. The molecular formula is C16H13N5O. The number of anilines is 3. The van der Waals surface area contributed by atoms with E-state index in [4.69, 9.17) is 5.73 Å². The Morgan fingerprint density at radius 2 is 2.00 bits per heavy atom. The number of aromatic hydroxyl groups is 1. The number of nitrogens with one attached hydrogen (secondary N) is 2.